The number of carbonyl (C=O) groups excluding carboxylic acids is 1. The van der Waals surface area contributed by atoms with E-state index in [0.717, 1.165) is 17.7 Å². The van der Waals surface area contributed by atoms with E-state index in [9.17, 15) is 9.90 Å². The Morgan fingerprint density at radius 1 is 1.39 bits per heavy atom. The summed E-state index contributed by atoms with van der Waals surface area (Å²) < 4.78 is 0.681. The summed E-state index contributed by atoms with van der Waals surface area (Å²) in [5, 5.41) is 14.4. The van der Waals surface area contributed by atoms with E-state index in [1.807, 2.05) is 34.7 Å². The summed E-state index contributed by atoms with van der Waals surface area (Å²) in [5.41, 5.74) is 6.00. The predicted molar refractivity (Wildman–Crippen MR) is 123 cm³/mol. The van der Waals surface area contributed by atoms with E-state index in [4.69, 9.17) is 11.6 Å². The van der Waals surface area contributed by atoms with Gasteiger partial charge in [0.15, 0.2) is 0 Å². The van der Waals surface area contributed by atoms with Crippen LogP contribution in [0.5, 0.6) is 5.75 Å². The SMILES string of the molecule is CC1CC(C)(C)N(C)c2cc(Cl)c(/C=N\NC(=O)c3ccc(I)c(O)c3)cc21. The van der Waals surface area contributed by atoms with Gasteiger partial charge in [-0.3, -0.25) is 4.79 Å². The van der Waals surface area contributed by atoms with E-state index in [-0.39, 0.29) is 11.3 Å². The molecule has 7 heteroatoms. The molecule has 2 N–H and O–H groups in total. The van der Waals surface area contributed by atoms with Crippen LogP contribution in [-0.4, -0.2) is 29.8 Å². The Morgan fingerprint density at radius 2 is 2.11 bits per heavy atom. The molecule has 2 aromatic carbocycles. The first-order valence-electron chi connectivity index (χ1n) is 8.99. The number of amides is 1. The van der Waals surface area contributed by atoms with Crippen LogP contribution in [0.1, 0.15) is 54.6 Å². The maximum atomic E-state index is 12.2. The summed E-state index contributed by atoms with van der Waals surface area (Å²) in [6.45, 7) is 6.68. The summed E-state index contributed by atoms with van der Waals surface area (Å²) in [7, 11) is 2.09. The van der Waals surface area contributed by atoms with Gasteiger partial charge in [0.25, 0.3) is 5.91 Å². The zero-order chi connectivity index (χ0) is 20.6. The molecule has 1 aliphatic heterocycles. The van der Waals surface area contributed by atoms with Crippen LogP contribution in [0, 0.1) is 3.57 Å². The van der Waals surface area contributed by atoms with Crippen molar-refractivity contribution in [1.82, 2.24) is 5.43 Å². The lowest BCUT2D eigenvalue weighted by Crippen LogP contribution is -2.45. The number of phenols is 1. The Bertz CT molecular complexity index is 959. The third-order valence-corrected chi connectivity index (χ3v) is 6.57. The first-order valence-corrected chi connectivity index (χ1v) is 10.4. The predicted octanol–water partition coefficient (Wildman–Crippen LogP) is 5.14. The Morgan fingerprint density at radius 3 is 2.79 bits per heavy atom. The topological polar surface area (TPSA) is 64.9 Å². The second kappa shape index (κ2) is 7.91. The van der Waals surface area contributed by atoms with Crippen LogP contribution in [0.15, 0.2) is 35.4 Å². The fourth-order valence-corrected chi connectivity index (χ4v) is 4.12. The first-order chi connectivity index (χ1) is 13.1. The molecule has 3 rings (SSSR count). The van der Waals surface area contributed by atoms with Crippen molar-refractivity contribution >= 4 is 52.0 Å². The van der Waals surface area contributed by atoms with Gasteiger partial charge >= 0.3 is 0 Å². The maximum absolute atomic E-state index is 12.2. The normalized spacial score (nSPS) is 18.2. The van der Waals surface area contributed by atoms with Gasteiger partial charge in [0.1, 0.15) is 5.75 Å². The van der Waals surface area contributed by atoms with Crippen molar-refractivity contribution in [3.05, 3.63) is 55.6 Å². The fraction of sp³-hybridized carbons (Fsp3) is 0.333. The van der Waals surface area contributed by atoms with Gasteiger partial charge in [0, 0.05) is 29.4 Å². The molecule has 0 saturated heterocycles. The van der Waals surface area contributed by atoms with Crippen molar-refractivity contribution in [3.8, 4) is 5.75 Å². The number of carbonyl (C=O) groups is 1. The lowest BCUT2D eigenvalue weighted by Gasteiger charge is -2.45. The highest BCUT2D eigenvalue weighted by Gasteiger charge is 2.34. The summed E-state index contributed by atoms with van der Waals surface area (Å²) in [6, 6.07) is 8.73. The average Bonchev–Trinajstić information content (AvgIpc) is 2.62. The molecule has 1 atom stereocenters. The van der Waals surface area contributed by atoms with Gasteiger partial charge in [-0.15, -0.1) is 0 Å². The van der Waals surface area contributed by atoms with E-state index in [2.05, 4.69) is 43.2 Å². The van der Waals surface area contributed by atoms with Crippen molar-refractivity contribution in [1.29, 1.82) is 0 Å². The molecule has 1 unspecified atom stereocenters. The molecule has 0 fully saturated rings. The van der Waals surface area contributed by atoms with Crippen LogP contribution >= 0.6 is 34.2 Å². The third kappa shape index (κ3) is 4.12. The molecular weight excluding hydrogens is 489 g/mol. The smallest absolute Gasteiger partial charge is 0.271 e. The van der Waals surface area contributed by atoms with Crippen LogP contribution in [0.3, 0.4) is 0 Å². The van der Waals surface area contributed by atoms with E-state index in [1.165, 1.54) is 11.6 Å². The number of rotatable bonds is 3. The molecule has 2 aromatic rings. The van der Waals surface area contributed by atoms with Crippen LogP contribution < -0.4 is 10.3 Å². The zero-order valence-electron chi connectivity index (χ0n) is 16.3. The maximum Gasteiger partial charge on any atom is 0.271 e. The zero-order valence-corrected chi connectivity index (χ0v) is 19.2. The minimum absolute atomic E-state index is 0.0657. The Labute approximate surface area is 183 Å². The number of fused-ring (bicyclic) bond motifs is 1. The molecule has 1 aliphatic rings. The van der Waals surface area contributed by atoms with Crippen molar-refractivity contribution < 1.29 is 9.90 Å². The standard InChI is InChI=1S/C21H23ClIN3O2/c1-12-10-21(2,3)26(4)18-9-16(22)14(7-15(12)18)11-24-25-20(28)13-5-6-17(23)19(27)8-13/h5-9,11-12,27H,10H2,1-4H3,(H,25,28)/b24-11-. The van der Waals surface area contributed by atoms with Crippen molar-refractivity contribution in [2.45, 2.75) is 38.6 Å². The lowest BCUT2D eigenvalue weighted by atomic mass is 9.80. The number of benzene rings is 2. The average molecular weight is 512 g/mol. The number of hydrazone groups is 1. The fourth-order valence-electron chi connectivity index (χ4n) is 3.58. The number of halogens is 2. The number of anilines is 1. The van der Waals surface area contributed by atoms with Crippen molar-refractivity contribution in [3.63, 3.8) is 0 Å². The van der Waals surface area contributed by atoms with Gasteiger partial charge in [0.05, 0.1) is 14.8 Å². The number of hydrogen-bond acceptors (Lipinski definition) is 4. The molecule has 0 saturated carbocycles. The second-order valence-electron chi connectivity index (χ2n) is 7.77. The summed E-state index contributed by atoms with van der Waals surface area (Å²) in [4.78, 5) is 14.5. The van der Waals surface area contributed by atoms with Crippen molar-refractivity contribution in [2.75, 3.05) is 11.9 Å². The highest BCUT2D eigenvalue weighted by Crippen LogP contribution is 2.44. The van der Waals surface area contributed by atoms with Gasteiger partial charge in [-0.25, -0.2) is 5.43 Å². The number of hydrogen-bond donors (Lipinski definition) is 2. The van der Waals surface area contributed by atoms with Crippen LogP contribution in [0.2, 0.25) is 5.02 Å². The number of nitrogens with one attached hydrogen (secondary N) is 1. The molecule has 0 aliphatic carbocycles. The molecule has 0 spiro atoms. The molecule has 1 amide bonds. The summed E-state index contributed by atoms with van der Waals surface area (Å²) in [5.74, 6) is 0.0675. The first kappa shape index (κ1) is 20.9. The number of nitrogens with zero attached hydrogens (tertiary/aromatic N) is 2. The quantitative estimate of drug-likeness (QED) is 0.341. The van der Waals surface area contributed by atoms with E-state index >= 15 is 0 Å². The van der Waals surface area contributed by atoms with Gasteiger partial charge in [0.2, 0.25) is 0 Å². The third-order valence-electron chi connectivity index (χ3n) is 5.33. The van der Waals surface area contributed by atoms with Gasteiger partial charge in [-0.05, 0) is 84.7 Å². The Balaban J connectivity index is 1.80. The van der Waals surface area contributed by atoms with E-state index < -0.39 is 5.91 Å². The monoisotopic (exact) mass is 511 g/mol. The van der Waals surface area contributed by atoms with E-state index in [1.54, 1.807) is 18.3 Å². The molecule has 0 aromatic heterocycles. The number of aromatic hydroxyl groups is 1. The van der Waals surface area contributed by atoms with Crippen LogP contribution in [0.25, 0.3) is 0 Å². The van der Waals surface area contributed by atoms with Crippen molar-refractivity contribution in [2.24, 2.45) is 5.10 Å². The molecule has 0 radical (unpaired) electrons. The highest BCUT2D eigenvalue weighted by atomic mass is 127. The lowest BCUT2D eigenvalue weighted by molar-refractivity contribution is 0.0954. The molecule has 28 heavy (non-hydrogen) atoms. The molecule has 5 nitrogen and oxygen atoms in total. The van der Waals surface area contributed by atoms with Crippen LogP contribution in [0.4, 0.5) is 5.69 Å². The Kier molecular flexibility index (Phi) is 5.91. The van der Waals surface area contributed by atoms with E-state index in [0.29, 0.717) is 20.1 Å². The minimum atomic E-state index is -0.396. The van der Waals surface area contributed by atoms with Crippen LogP contribution in [-0.2, 0) is 0 Å². The molecular formula is C21H23ClIN3O2. The highest BCUT2D eigenvalue weighted by molar-refractivity contribution is 14.1. The largest absolute Gasteiger partial charge is 0.507 e. The summed E-state index contributed by atoms with van der Waals surface area (Å²) in [6.07, 6.45) is 2.60. The number of phenolic OH excluding ortho intramolecular Hbond substituents is 1. The second-order valence-corrected chi connectivity index (χ2v) is 9.34. The molecule has 0 bridgehead atoms. The molecule has 148 valence electrons. The van der Waals surface area contributed by atoms with Gasteiger partial charge in [-0.1, -0.05) is 18.5 Å². The summed E-state index contributed by atoms with van der Waals surface area (Å²) >= 11 is 8.47. The minimum Gasteiger partial charge on any atom is -0.507 e. The Hall–Kier alpha value is -1.80. The molecule has 1 heterocycles. The van der Waals surface area contributed by atoms with Gasteiger partial charge in [-0.2, -0.15) is 5.10 Å². The van der Waals surface area contributed by atoms with Gasteiger partial charge < -0.3 is 10.0 Å².